The summed E-state index contributed by atoms with van der Waals surface area (Å²) in [7, 11) is 1.77. The molecule has 1 N–H and O–H groups in total. The molecule has 0 radical (unpaired) electrons. The maximum absolute atomic E-state index is 11.1. The van der Waals surface area contributed by atoms with Crippen molar-refractivity contribution in [2.45, 2.75) is 26.7 Å². The third-order valence-electron chi connectivity index (χ3n) is 3.60. The number of aromatic nitrogens is 2. The number of carbonyl (C=O) groups is 1. The molecule has 4 nitrogen and oxygen atoms in total. The highest BCUT2D eigenvalue weighted by molar-refractivity contribution is 6.30. The summed E-state index contributed by atoms with van der Waals surface area (Å²) < 4.78 is 1.60. The number of hydrogen-bond acceptors (Lipinski definition) is 2. The normalized spacial score (nSPS) is 26.8. The number of rotatable bonds is 2. The maximum Gasteiger partial charge on any atom is 0.307 e. The number of aryl methyl sites for hydroxylation is 2. The summed E-state index contributed by atoms with van der Waals surface area (Å²) >= 11 is 6.15. The summed E-state index contributed by atoms with van der Waals surface area (Å²) in [5, 5.41) is 13.9. The van der Waals surface area contributed by atoms with E-state index in [1.165, 1.54) is 0 Å². The van der Waals surface area contributed by atoms with Gasteiger partial charge in [-0.1, -0.05) is 25.4 Å². The standard InChI is InChI=1S/C11H15ClN2O2/c1-5-6(9(12)14(4)13-5)7-8(10(15)16)11(7,2)3/h7-8H,1-4H3,(H,15,16)/t7-,8+/m1/s1. The zero-order valence-corrected chi connectivity index (χ0v) is 10.5. The van der Waals surface area contributed by atoms with E-state index >= 15 is 0 Å². The van der Waals surface area contributed by atoms with E-state index in [0.717, 1.165) is 11.3 Å². The van der Waals surface area contributed by atoms with Crippen molar-refractivity contribution in [1.82, 2.24) is 9.78 Å². The van der Waals surface area contributed by atoms with Crippen LogP contribution in [0.1, 0.15) is 31.0 Å². The minimum absolute atomic E-state index is 0.0220. The average molecular weight is 243 g/mol. The number of nitrogens with zero attached hydrogens (tertiary/aromatic N) is 2. The summed E-state index contributed by atoms with van der Waals surface area (Å²) in [6.07, 6.45) is 0. The van der Waals surface area contributed by atoms with Gasteiger partial charge in [0.05, 0.1) is 11.6 Å². The molecule has 2 atom stereocenters. The van der Waals surface area contributed by atoms with Gasteiger partial charge in [-0.2, -0.15) is 5.10 Å². The number of aliphatic carboxylic acids is 1. The van der Waals surface area contributed by atoms with Gasteiger partial charge in [0.1, 0.15) is 5.15 Å². The molecule has 0 spiro atoms. The van der Waals surface area contributed by atoms with Crippen molar-refractivity contribution < 1.29 is 9.90 Å². The summed E-state index contributed by atoms with van der Waals surface area (Å²) in [5.74, 6) is -1.13. The van der Waals surface area contributed by atoms with E-state index in [1.54, 1.807) is 11.7 Å². The highest BCUT2D eigenvalue weighted by Crippen LogP contribution is 2.65. The van der Waals surface area contributed by atoms with Crippen LogP contribution in [0.5, 0.6) is 0 Å². The Morgan fingerprint density at radius 1 is 1.56 bits per heavy atom. The van der Waals surface area contributed by atoms with Crippen LogP contribution >= 0.6 is 11.6 Å². The molecule has 88 valence electrons. The lowest BCUT2D eigenvalue weighted by Crippen LogP contribution is -2.03. The molecule has 2 rings (SSSR count). The van der Waals surface area contributed by atoms with Gasteiger partial charge in [0.25, 0.3) is 0 Å². The van der Waals surface area contributed by atoms with E-state index in [9.17, 15) is 4.79 Å². The lowest BCUT2D eigenvalue weighted by Gasteiger charge is -2.01. The fourth-order valence-electron chi connectivity index (χ4n) is 2.64. The number of carboxylic acids is 1. The Morgan fingerprint density at radius 2 is 2.12 bits per heavy atom. The summed E-state index contributed by atoms with van der Waals surface area (Å²) in [6.45, 7) is 5.78. The molecule has 1 fully saturated rings. The van der Waals surface area contributed by atoms with Crippen molar-refractivity contribution >= 4 is 17.6 Å². The zero-order chi connectivity index (χ0) is 12.2. The van der Waals surface area contributed by atoms with Crippen molar-refractivity contribution in [3.63, 3.8) is 0 Å². The Morgan fingerprint density at radius 3 is 2.44 bits per heavy atom. The van der Waals surface area contributed by atoms with Gasteiger partial charge in [0.15, 0.2) is 0 Å². The molecule has 0 amide bonds. The van der Waals surface area contributed by atoms with Crippen molar-refractivity contribution in [3.05, 3.63) is 16.4 Å². The minimum atomic E-state index is -0.755. The van der Waals surface area contributed by atoms with Gasteiger partial charge in [-0.15, -0.1) is 0 Å². The first-order valence-corrected chi connectivity index (χ1v) is 5.58. The van der Waals surface area contributed by atoms with Crippen LogP contribution in [0.2, 0.25) is 5.15 Å². The lowest BCUT2D eigenvalue weighted by atomic mass is 10.0. The van der Waals surface area contributed by atoms with Crippen LogP contribution in [0, 0.1) is 18.3 Å². The smallest absolute Gasteiger partial charge is 0.307 e. The molecule has 5 heteroatoms. The monoisotopic (exact) mass is 242 g/mol. The van der Waals surface area contributed by atoms with Crippen molar-refractivity contribution in [1.29, 1.82) is 0 Å². The lowest BCUT2D eigenvalue weighted by molar-refractivity contribution is -0.139. The Kier molecular flexibility index (Phi) is 2.31. The molecule has 1 aliphatic rings. The molecule has 16 heavy (non-hydrogen) atoms. The molecule has 0 bridgehead atoms. The van der Waals surface area contributed by atoms with Crippen molar-refractivity contribution in [2.24, 2.45) is 18.4 Å². The fourth-order valence-corrected chi connectivity index (χ4v) is 2.93. The highest BCUT2D eigenvalue weighted by atomic mass is 35.5. The second-order valence-corrected chi connectivity index (χ2v) is 5.39. The SMILES string of the molecule is Cc1nn(C)c(Cl)c1[C@@H]1[C@@H](C(=O)O)C1(C)C. The molecule has 1 heterocycles. The van der Waals surface area contributed by atoms with E-state index in [1.807, 2.05) is 20.8 Å². The predicted molar refractivity (Wildman–Crippen MR) is 60.6 cm³/mol. The van der Waals surface area contributed by atoms with Crippen LogP contribution in [-0.4, -0.2) is 20.9 Å². The van der Waals surface area contributed by atoms with Crippen molar-refractivity contribution in [2.75, 3.05) is 0 Å². The van der Waals surface area contributed by atoms with Gasteiger partial charge in [0.2, 0.25) is 0 Å². The van der Waals surface area contributed by atoms with Crippen LogP contribution in [0.15, 0.2) is 0 Å². The largest absolute Gasteiger partial charge is 0.481 e. The summed E-state index contributed by atoms with van der Waals surface area (Å²) in [5.41, 5.74) is 1.49. The minimum Gasteiger partial charge on any atom is -0.481 e. The number of hydrogen-bond donors (Lipinski definition) is 1. The Bertz CT molecular complexity index is 465. The third kappa shape index (κ3) is 1.36. The van der Waals surface area contributed by atoms with E-state index < -0.39 is 5.97 Å². The molecular formula is C11H15ClN2O2. The van der Waals surface area contributed by atoms with Gasteiger partial charge in [-0.25, -0.2) is 0 Å². The average Bonchev–Trinajstić information content (AvgIpc) is 2.59. The molecule has 1 aromatic rings. The molecule has 0 aromatic carbocycles. The number of carboxylic acid groups (broad SMARTS) is 1. The Hall–Kier alpha value is -1.03. The molecule has 0 unspecified atom stereocenters. The molecular weight excluding hydrogens is 228 g/mol. The third-order valence-corrected chi connectivity index (χ3v) is 4.05. The molecule has 1 saturated carbocycles. The van der Waals surface area contributed by atoms with E-state index in [-0.39, 0.29) is 17.3 Å². The van der Waals surface area contributed by atoms with Crippen LogP contribution in [0.3, 0.4) is 0 Å². The topological polar surface area (TPSA) is 55.1 Å². The zero-order valence-electron chi connectivity index (χ0n) is 9.78. The highest BCUT2D eigenvalue weighted by Gasteiger charge is 2.64. The van der Waals surface area contributed by atoms with E-state index in [4.69, 9.17) is 16.7 Å². The second-order valence-electron chi connectivity index (χ2n) is 5.03. The van der Waals surface area contributed by atoms with Gasteiger partial charge >= 0.3 is 5.97 Å². The Balaban J connectivity index is 2.44. The summed E-state index contributed by atoms with van der Waals surface area (Å²) in [4.78, 5) is 11.1. The summed E-state index contributed by atoms with van der Waals surface area (Å²) in [6, 6.07) is 0. The second kappa shape index (κ2) is 3.23. The first-order valence-electron chi connectivity index (χ1n) is 5.20. The van der Waals surface area contributed by atoms with Gasteiger partial charge in [-0.3, -0.25) is 9.48 Å². The van der Waals surface area contributed by atoms with E-state index in [2.05, 4.69) is 5.10 Å². The molecule has 1 aliphatic carbocycles. The molecule has 0 aliphatic heterocycles. The fraction of sp³-hybridized carbons (Fsp3) is 0.636. The van der Waals surface area contributed by atoms with Crippen LogP contribution in [-0.2, 0) is 11.8 Å². The first-order chi connectivity index (χ1) is 7.28. The molecule has 0 saturated heterocycles. The first kappa shape index (κ1) is 11.5. The van der Waals surface area contributed by atoms with Crippen molar-refractivity contribution in [3.8, 4) is 0 Å². The quantitative estimate of drug-likeness (QED) is 0.865. The maximum atomic E-state index is 11.1. The van der Waals surface area contributed by atoms with Gasteiger partial charge in [-0.05, 0) is 12.3 Å². The Labute approximate surface area is 99.2 Å². The number of halogens is 1. The molecule has 1 aromatic heterocycles. The van der Waals surface area contributed by atoms with E-state index in [0.29, 0.717) is 5.15 Å². The van der Waals surface area contributed by atoms with Gasteiger partial charge < -0.3 is 5.11 Å². The van der Waals surface area contributed by atoms with Crippen LogP contribution < -0.4 is 0 Å². The van der Waals surface area contributed by atoms with Crippen LogP contribution in [0.25, 0.3) is 0 Å². The van der Waals surface area contributed by atoms with Crippen LogP contribution in [0.4, 0.5) is 0 Å². The van der Waals surface area contributed by atoms with Gasteiger partial charge in [0, 0.05) is 18.5 Å². The predicted octanol–water partition coefficient (Wildman–Crippen LogP) is 2.21.